The topological polar surface area (TPSA) is 68.5 Å². The van der Waals surface area contributed by atoms with Gasteiger partial charge in [0.1, 0.15) is 16.9 Å². The van der Waals surface area contributed by atoms with Crippen LogP contribution >= 0.6 is 0 Å². The van der Waals surface area contributed by atoms with Crippen molar-refractivity contribution in [2.24, 2.45) is 0 Å². The molecule has 0 amide bonds. The van der Waals surface area contributed by atoms with Crippen molar-refractivity contribution in [1.29, 1.82) is 0 Å². The van der Waals surface area contributed by atoms with Crippen LogP contribution in [0.1, 0.15) is 30.9 Å². The number of methoxy groups -OCH3 is 1. The number of hydrogen-bond acceptors (Lipinski definition) is 4. The highest BCUT2D eigenvalue weighted by Gasteiger charge is 2.21. The van der Waals surface area contributed by atoms with E-state index in [0.717, 1.165) is 21.9 Å². The summed E-state index contributed by atoms with van der Waals surface area (Å²) in [4.78, 5) is 0.242. The molecular weight excluding hydrogens is 386 g/mol. The van der Waals surface area contributed by atoms with E-state index in [1.165, 1.54) is 0 Å². The average molecular weight is 410 g/mol. The molecule has 5 nitrogen and oxygen atoms in total. The third-order valence-electron chi connectivity index (χ3n) is 5.07. The van der Waals surface area contributed by atoms with E-state index in [0.29, 0.717) is 22.6 Å². The maximum atomic E-state index is 13.1. The minimum atomic E-state index is -3.77. The Morgan fingerprint density at radius 3 is 2.41 bits per heavy atom. The SMILES string of the molecule is COc1cc(C)c(S(=O)(=O)Nc2ccc3c(c2)oc2ccccc23)cc1C(C)C. The first kappa shape index (κ1) is 19.3. The van der Waals surface area contributed by atoms with E-state index in [9.17, 15) is 8.42 Å². The van der Waals surface area contributed by atoms with Gasteiger partial charge in [0.15, 0.2) is 0 Å². The highest BCUT2D eigenvalue weighted by molar-refractivity contribution is 7.92. The van der Waals surface area contributed by atoms with E-state index in [4.69, 9.17) is 9.15 Å². The van der Waals surface area contributed by atoms with Gasteiger partial charge in [0, 0.05) is 16.8 Å². The largest absolute Gasteiger partial charge is 0.496 e. The number of sulfonamides is 1. The fourth-order valence-electron chi connectivity index (χ4n) is 3.59. The lowest BCUT2D eigenvalue weighted by atomic mass is 10.0. The molecule has 0 unspecified atom stereocenters. The first-order chi connectivity index (χ1) is 13.8. The van der Waals surface area contributed by atoms with Crippen LogP contribution in [0.25, 0.3) is 21.9 Å². The summed E-state index contributed by atoms with van der Waals surface area (Å²) in [6.45, 7) is 5.78. The lowest BCUT2D eigenvalue weighted by molar-refractivity contribution is 0.406. The third kappa shape index (κ3) is 3.44. The lowest BCUT2D eigenvalue weighted by Crippen LogP contribution is -2.15. The highest BCUT2D eigenvalue weighted by atomic mass is 32.2. The molecule has 0 radical (unpaired) electrons. The fourth-order valence-corrected chi connectivity index (χ4v) is 4.91. The second-order valence-electron chi connectivity index (χ2n) is 7.43. The molecule has 1 heterocycles. The molecule has 3 aromatic carbocycles. The Labute approximate surface area is 170 Å². The molecule has 0 aliphatic carbocycles. The van der Waals surface area contributed by atoms with Crippen LogP contribution in [-0.2, 0) is 10.0 Å². The van der Waals surface area contributed by atoms with Crippen LogP contribution in [0.2, 0.25) is 0 Å². The van der Waals surface area contributed by atoms with Crippen molar-refractivity contribution in [2.45, 2.75) is 31.6 Å². The van der Waals surface area contributed by atoms with Crippen LogP contribution < -0.4 is 9.46 Å². The maximum Gasteiger partial charge on any atom is 0.262 e. The van der Waals surface area contributed by atoms with E-state index in [1.54, 1.807) is 38.3 Å². The molecule has 0 aliphatic heterocycles. The van der Waals surface area contributed by atoms with Gasteiger partial charge in [-0.15, -0.1) is 0 Å². The Kier molecular flexibility index (Phi) is 4.74. The molecule has 6 heteroatoms. The third-order valence-corrected chi connectivity index (χ3v) is 6.59. The summed E-state index contributed by atoms with van der Waals surface area (Å²) < 4.78 is 40.2. The summed E-state index contributed by atoms with van der Waals surface area (Å²) in [7, 11) is -2.18. The van der Waals surface area contributed by atoms with Crippen LogP contribution in [0.3, 0.4) is 0 Å². The fraction of sp³-hybridized carbons (Fsp3) is 0.217. The number of ether oxygens (including phenoxy) is 1. The standard InChI is InChI=1S/C23H23NO4S/c1-14(2)19-13-23(15(3)11-21(19)27-4)29(25,26)24-16-9-10-18-17-7-5-6-8-20(17)28-22(18)12-16/h5-14,24H,1-4H3. The molecular formula is C23H23NO4S. The van der Waals surface area contributed by atoms with Gasteiger partial charge in [-0.2, -0.15) is 0 Å². The summed E-state index contributed by atoms with van der Waals surface area (Å²) >= 11 is 0. The summed E-state index contributed by atoms with van der Waals surface area (Å²) in [5.74, 6) is 0.826. The van der Waals surface area contributed by atoms with Gasteiger partial charge < -0.3 is 9.15 Å². The Hall–Kier alpha value is -2.99. The van der Waals surface area contributed by atoms with Crippen molar-refractivity contribution in [3.05, 3.63) is 65.7 Å². The first-order valence-corrected chi connectivity index (χ1v) is 10.9. The molecule has 0 bridgehead atoms. The molecule has 1 aromatic heterocycles. The first-order valence-electron chi connectivity index (χ1n) is 9.43. The normalized spacial score (nSPS) is 12.0. The van der Waals surface area contributed by atoms with Gasteiger partial charge in [0.05, 0.1) is 17.7 Å². The number of furan rings is 1. The Balaban J connectivity index is 1.75. The van der Waals surface area contributed by atoms with Crippen molar-refractivity contribution in [2.75, 3.05) is 11.8 Å². The Morgan fingerprint density at radius 1 is 0.966 bits per heavy atom. The second kappa shape index (κ2) is 7.12. The predicted octanol–water partition coefficient (Wildman–Crippen LogP) is 5.83. The molecule has 29 heavy (non-hydrogen) atoms. The number of rotatable bonds is 5. The number of nitrogens with one attached hydrogen (secondary N) is 1. The molecule has 4 aromatic rings. The molecule has 0 saturated carbocycles. The number of hydrogen-bond donors (Lipinski definition) is 1. The lowest BCUT2D eigenvalue weighted by Gasteiger charge is -2.17. The van der Waals surface area contributed by atoms with Crippen molar-refractivity contribution in [1.82, 2.24) is 0 Å². The van der Waals surface area contributed by atoms with Gasteiger partial charge in [-0.3, -0.25) is 4.72 Å². The molecule has 0 spiro atoms. The number of para-hydroxylation sites is 1. The summed E-state index contributed by atoms with van der Waals surface area (Å²) in [5, 5.41) is 1.95. The Morgan fingerprint density at radius 2 is 1.69 bits per heavy atom. The van der Waals surface area contributed by atoms with Gasteiger partial charge in [-0.25, -0.2) is 8.42 Å². The van der Waals surface area contributed by atoms with Crippen molar-refractivity contribution < 1.29 is 17.6 Å². The summed E-state index contributed by atoms with van der Waals surface area (Å²) in [6.07, 6.45) is 0. The number of fused-ring (bicyclic) bond motifs is 3. The minimum Gasteiger partial charge on any atom is -0.496 e. The van der Waals surface area contributed by atoms with E-state index in [-0.39, 0.29) is 10.8 Å². The molecule has 1 N–H and O–H groups in total. The average Bonchev–Trinajstić information content (AvgIpc) is 3.04. The minimum absolute atomic E-state index is 0.131. The molecule has 0 fully saturated rings. The van der Waals surface area contributed by atoms with Crippen molar-refractivity contribution >= 4 is 37.6 Å². The van der Waals surface area contributed by atoms with Crippen LogP contribution in [-0.4, -0.2) is 15.5 Å². The van der Waals surface area contributed by atoms with Crippen LogP contribution in [0.15, 0.2) is 63.9 Å². The predicted molar refractivity (Wildman–Crippen MR) is 116 cm³/mol. The van der Waals surface area contributed by atoms with Crippen LogP contribution in [0.5, 0.6) is 5.75 Å². The van der Waals surface area contributed by atoms with Crippen molar-refractivity contribution in [3.63, 3.8) is 0 Å². The monoisotopic (exact) mass is 409 g/mol. The quantitative estimate of drug-likeness (QED) is 0.450. The van der Waals surface area contributed by atoms with E-state index in [2.05, 4.69) is 4.72 Å². The van der Waals surface area contributed by atoms with E-state index in [1.807, 2.05) is 44.2 Å². The van der Waals surface area contributed by atoms with E-state index < -0.39 is 10.0 Å². The Bertz CT molecular complexity index is 1320. The molecule has 0 aliphatic rings. The van der Waals surface area contributed by atoms with Gasteiger partial charge >= 0.3 is 0 Å². The zero-order chi connectivity index (χ0) is 20.8. The molecule has 150 valence electrons. The summed E-state index contributed by atoms with van der Waals surface area (Å²) in [6, 6.07) is 16.6. The van der Waals surface area contributed by atoms with Gasteiger partial charge in [0.25, 0.3) is 10.0 Å². The van der Waals surface area contributed by atoms with Gasteiger partial charge in [0.2, 0.25) is 0 Å². The molecule has 0 saturated heterocycles. The second-order valence-corrected chi connectivity index (χ2v) is 9.08. The van der Waals surface area contributed by atoms with Gasteiger partial charge in [-0.1, -0.05) is 32.0 Å². The molecule has 4 rings (SSSR count). The molecule has 0 atom stereocenters. The highest BCUT2D eigenvalue weighted by Crippen LogP contribution is 2.34. The number of anilines is 1. The van der Waals surface area contributed by atoms with Crippen LogP contribution in [0, 0.1) is 6.92 Å². The number of aryl methyl sites for hydroxylation is 1. The zero-order valence-corrected chi connectivity index (χ0v) is 17.6. The van der Waals surface area contributed by atoms with Crippen molar-refractivity contribution in [3.8, 4) is 5.75 Å². The summed E-state index contributed by atoms with van der Waals surface area (Å²) in [5.41, 5.74) is 3.35. The number of benzene rings is 3. The maximum absolute atomic E-state index is 13.1. The smallest absolute Gasteiger partial charge is 0.262 e. The van der Waals surface area contributed by atoms with E-state index >= 15 is 0 Å². The zero-order valence-electron chi connectivity index (χ0n) is 16.8. The van der Waals surface area contributed by atoms with Gasteiger partial charge in [-0.05, 0) is 54.3 Å². The van der Waals surface area contributed by atoms with Crippen LogP contribution in [0.4, 0.5) is 5.69 Å².